The molecule has 2 aromatic heterocycles. The Morgan fingerprint density at radius 3 is 2.63 bits per heavy atom. The first-order chi connectivity index (χ1) is 16.2. The zero-order chi connectivity index (χ0) is 25.8. The van der Waals surface area contributed by atoms with Crippen molar-refractivity contribution in [2.24, 2.45) is 7.05 Å². The summed E-state index contributed by atoms with van der Waals surface area (Å²) in [5.41, 5.74) is 0.609. The monoisotopic (exact) mass is 502 g/mol. The molecule has 0 saturated carbocycles. The van der Waals surface area contributed by atoms with Crippen molar-refractivity contribution in [3.8, 4) is 0 Å². The molecule has 1 aliphatic rings. The summed E-state index contributed by atoms with van der Waals surface area (Å²) < 4.78 is 9.30. The van der Waals surface area contributed by atoms with Crippen molar-refractivity contribution in [2.45, 2.75) is 71.2 Å². The number of nitrogens with zero attached hydrogens (tertiary/aromatic N) is 5. The van der Waals surface area contributed by atoms with Crippen LogP contribution in [0.1, 0.15) is 48.0 Å². The lowest BCUT2D eigenvalue weighted by Gasteiger charge is -2.52. The molecule has 1 saturated heterocycles. The number of hydrogen-bond acceptors (Lipinski definition) is 7. The topological polar surface area (TPSA) is 97.4 Å². The van der Waals surface area contributed by atoms with Crippen LogP contribution in [0.2, 0.25) is 5.02 Å². The van der Waals surface area contributed by atoms with Gasteiger partial charge in [0.1, 0.15) is 5.02 Å². The van der Waals surface area contributed by atoms with Crippen molar-refractivity contribution in [3.63, 3.8) is 0 Å². The second kappa shape index (κ2) is 8.80. The van der Waals surface area contributed by atoms with Gasteiger partial charge in [-0.2, -0.15) is 4.98 Å². The number of fused-ring (bicyclic) bond motifs is 1. The molecule has 0 unspecified atom stereocenters. The summed E-state index contributed by atoms with van der Waals surface area (Å²) in [7, 11) is 1.75. The van der Waals surface area contributed by atoms with Gasteiger partial charge in [0, 0.05) is 25.8 Å². The maximum absolute atomic E-state index is 12.8. The molecular formula is C25H35ClN6O3. The minimum absolute atomic E-state index is 0.124. The highest BCUT2D eigenvalue weighted by Crippen LogP contribution is 2.37. The van der Waals surface area contributed by atoms with E-state index in [2.05, 4.69) is 42.9 Å². The van der Waals surface area contributed by atoms with E-state index in [-0.39, 0.29) is 16.8 Å². The number of morpholine rings is 1. The first kappa shape index (κ1) is 25.5. The highest BCUT2D eigenvalue weighted by Gasteiger charge is 2.47. The fraction of sp³-hybridized carbons (Fsp3) is 0.560. The van der Waals surface area contributed by atoms with E-state index in [4.69, 9.17) is 21.3 Å². The second-order valence-electron chi connectivity index (χ2n) is 10.8. The van der Waals surface area contributed by atoms with Crippen LogP contribution < -0.4 is 15.9 Å². The van der Waals surface area contributed by atoms with E-state index in [9.17, 15) is 9.90 Å². The van der Waals surface area contributed by atoms with Gasteiger partial charge in [-0.25, -0.2) is 9.78 Å². The van der Waals surface area contributed by atoms with Gasteiger partial charge in [0.25, 0.3) is 0 Å². The SMILES string of the molecule is Cn1c(=O)n(CCC(C)(C)O)c2cc(Nc3nc(N4CCOC(C)(C)C4(C)C)ncc3Cl)ccc21. The Hall–Kier alpha value is -2.62. The van der Waals surface area contributed by atoms with Gasteiger partial charge < -0.3 is 20.1 Å². The average Bonchev–Trinajstić information content (AvgIpc) is 2.99. The van der Waals surface area contributed by atoms with Crippen molar-refractivity contribution in [2.75, 3.05) is 23.4 Å². The third kappa shape index (κ3) is 4.77. The predicted octanol–water partition coefficient (Wildman–Crippen LogP) is 4.08. The van der Waals surface area contributed by atoms with E-state index in [0.717, 1.165) is 16.7 Å². The third-order valence-electron chi connectivity index (χ3n) is 7.25. The summed E-state index contributed by atoms with van der Waals surface area (Å²) in [4.78, 5) is 24.2. The molecule has 0 aliphatic carbocycles. The number of rotatable bonds is 6. The normalized spacial score (nSPS) is 17.7. The van der Waals surface area contributed by atoms with E-state index < -0.39 is 5.60 Å². The van der Waals surface area contributed by atoms with Crippen molar-refractivity contribution in [3.05, 3.63) is 39.9 Å². The van der Waals surface area contributed by atoms with Crippen LogP contribution >= 0.6 is 11.6 Å². The molecule has 0 amide bonds. The smallest absolute Gasteiger partial charge is 0.328 e. The highest BCUT2D eigenvalue weighted by atomic mass is 35.5. The Balaban J connectivity index is 1.68. The molecule has 190 valence electrons. The second-order valence-corrected chi connectivity index (χ2v) is 11.2. The summed E-state index contributed by atoms with van der Waals surface area (Å²) >= 11 is 6.47. The zero-order valence-electron chi connectivity index (χ0n) is 21.5. The molecule has 1 aliphatic heterocycles. The van der Waals surface area contributed by atoms with Gasteiger partial charge in [-0.1, -0.05) is 11.6 Å². The lowest BCUT2D eigenvalue weighted by molar-refractivity contribution is -0.0874. The standard InChI is InChI=1S/C25H35ClN6O3/c1-23(2,34)10-11-31-19-14-16(8-9-18(19)30(7)22(31)33)28-20-17(26)15-27-21(29-20)32-12-13-35-25(5,6)24(32,3)4/h8-9,14-15,34H,10-13H2,1-7H3,(H,27,28,29). The Morgan fingerprint density at radius 2 is 1.94 bits per heavy atom. The van der Waals surface area contributed by atoms with Crippen LogP contribution in [0.5, 0.6) is 0 Å². The first-order valence-electron chi connectivity index (χ1n) is 11.8. The Kier molecular flexibility index (Phi) is 6.40. The number of halogens is 1. The molecule has 1 aromatic carbocycles. The molecule has 0 atom stereocenters. The molecule has 2 N–H and O–H groups in total. The summed E-state index contributed by atoms with van der Waals surface area (Å²) in [6.45, 7) is 13.5. The van der Waals surface area contributed by atoms with Crippen LogP contribution in [0, 0.1) is 0 Å². The van der Waals surface area contributed by atoms with Gasteiger partial charge >= 0.3 is 5.69 Å². The highest BCUT2D eigenvalue weighted by molar-refractivity contribution is 6.32. The van der Waals surface area contributed by atoms with Gasteiger partial charge in [0.05, 0.1) is 40.6 Å². The third-order valence-corrected chi connectivity index (χ3v) is 7.53. The number of aromatic nitrogens is 4. The van der Waals surface area contributed by atoms with E-state index in [1.54, 1.807) is 36.2 Å². The maximum Gasteiger partial charge on any atom is 0.328 e. The molecule has 1 fully saturated rings. The Morgan fingerprint density at radius 1 is 1.23 bits per heavy atom. The summed E-state index contributed by atoms with van der Waals surface area (Å²) in [6.07, 6.45) is 2.06. The van der Waals surface area contributed by atoms with Crippen molar-refractivity contribution < 1.29 is 9.84 Å². The fourth-order valence-electron chi connectivity index (χ4n) is 4.33. The average molecular weight is 503 g/mol. The molecule has 9 nitrogen and oxygen atoms in total. The summed E-state index contributed by atoms with van der Waals surface area (Å²) in [5.74, 6) is 1.05. The number of hydrogen-bond donors (Lipinski definition) is 2. The molecule has 3 heterocycles. The fourth-order valence-corrected chi connectivity index (χ4v) is 4.46. The van der Waals surface area contributed by atoms with Crippen LogP contribution in [0.3, 0.4) is 0 Å². The molecule has 0 bridgehead atoms. The molecule has 10 heteroatoms. The van der Waals surface area contributed by atoms with E-state index in [1.807, 2.05) is 18.2 Å². The molecule has 4 rings (SSSR count). The lowest BCUT2D eigenvalue weighted by atomic mass is 9.83. The van der Waals surface area contributed by atoms with Crippen LogP contribution in [0.4, 0.5) is 17.5 Å². The minimum atomic E-state index is -0.871. The largest absolute Gasteiger partial charge is 0.390 e. The van der Waals surface area contributed by atoms with Crippen LogP contribution in [-0.2, 0) is 18.3 Å². The van der Waals surface area contributed by atoms with Gasteiger partial charge in [0.2, 0.25) is 5.95 Å². The molecule has 3 aromatic rings. The van der Waals surface area contributed by atoms with Crippen molar-refractivity contribution >= 4 is 40.1 Å². The molecule has 0 spiro atoms. The van der Waals surface area contributed by atoms with Crippen molar-refractivity contribution in [1.82, 2.24) is 19.1 Å². The Labute approximate surface area is 210 Å². The quantitative estimate of drug-likeness (QED) is 0.524. The molecule has 35 heavy (non-hydrogen) atoms. The van der Waals surface area contributed by atoms with E-state index in [0.29, 0.717) is 42.9 Å². The predicted molar refractivity (Wildman–Crippen MR) is 140 cm³/mol. The maximum atomic E-state index is 12.8. The van der Waals surface area contributed by atoms with E-state index >= 15 is 0 Å². The summed E-state index contributed by atoms with van der Waals surface area (Å²) in [5, 5.41) is 13.9. The molecular weight excluding hydrogens is 468 g/mol. The number of aliphatic hydroxyl groups is 1. The van der Waals surface area contributed by atoms with Gasteiger partial charge in [-0.05, 0) is 66.2 Å². The van der Waals surface area contributed by atoms with Crippen LogP contribution in [0.15, 0.2) is 29.2 Å². The number of aryl methyl sites for hydroxylation is 2. The number of ether oxygens (including phenoxy) is 1. The van der Waals surface area contributed by atoms with Crippen LogP contribution in [-0.4, -0.2) is 54.1 Å². The molecule has 0 radical (unpaired) electrons. The van der Waals surface area contributed by atoms with E-state index in [1.165, 1.54) is 0 Å². The number of benzene rings is 1. The number of nitrogens with one attached hydrogen (secondary N) is 1. The first-order valence-corrected chi connectivity index (χ1v) is 12.2. The van der Waals surface area contributed by atoms with Gasteiger partial charge in [-0.15, -0.1) is 0 Å². The van der Waals surface area contributed by atoms with Crippen LogP contribution in [0.25, 0.3) is 11.0 Å². The van der Waals surface area contributed by atoms with Gasteiger partial charge in [-0.3, -0.25) is 9.13 Å². The zero-order valence-corrected chi connectivity index (χ0v) is 22.3. The summed E-state index contributed by atoms with van der Waals surface area (Å²) in [6, 6.07) is 5.69. The Bertz CT molecular complexity index is 1310. The van der Waals surface area contributed by atoms with Gasteiger partial charge in [0.15, 0.2) is 5.82 Å². The number of anilines is 3. The number of imidazole rings is 1. The van der Waals surface area contributed by atoms with Crippen molar-refractivity contribution in [1.29, 1.82) is 0 Å². The lowest BCUT2D eigenvalue weighted by Crippen LogP contribution is -2.64. The minimum Gasteiger partial charge on any atom is -0.390 e.